The summed E-state index contributed by atoms with van der Waals surface area (Å²) in [5.74, 6) is 0.850. The summed E-state index contributed by atoms with van der Waals surface area (Å²) in [6, 6.07) is 8.73. The van der Waals surface area contributed by atoms with Gasteiger partial charge < -0.3 is 10.6 Å². The number of fused-ring (bicyclic) bond motifs is 2. The minimum Gasteiger partial charge on any atom is -0.354 e. The zero-order chi connectivity index (χ0) is 16.4. The summed E-state index contributed by atoms with van der Waals surface area (Å²) in [6.45, 7) is 5.74. The zero-order valence-electron chi connectivity index (χ0n) is 14.5. The Kier molecular flexibility index (Phi) is 4.59. The van der Waals surface area contributed by atoms with Crippen LogP contribution in [0, 0.1) is 11.3 Å². The highest BCUT2D eigenvalue weighted by Crippen LogP contribution is 2.43. The molecule has 2 aliphatic heterocycles. The lowest BCUT2D eigenvalue weighted by Gasteiger charge is -2.37. The van der Waals surface area contributed by atoms with Gasteiger partial charge in [-0.3, -0.25) is 9.69 Å². The van der Waals surface area contributed by atoms with Crippen molar-refractivity contribution >= 4 is 5.91 Å². The summed E-state index contributed by atoms with van der Waals surface area (Å²) in [5.41, 5.74) is 2.81. The van der Waals surface area contributed by atoms with Crippen LogP contribution in [0.15, 0.2) is 24.3 Å². The molecule has 1 aliphatic carbocycles. The molecule has 1 saturated heterocycles. The summed E-state index contributed by atoms with van der Waals surface area (Å²) < 4.78 is 0. The lowest BCUT2D eigenvalue weighted by Crippen LogP contribution is -2.49. The van der Waals surface area contributed by atoms with Gasteiger partial charge in [0, 0.05) is 32.7 Å². The summed E-state index contributed by atoms with van der Waals surface area (Å²) in [5, 5.41) is 6.73. The van der Waals surface area contributed by atoms with E-state index in [4.69, 9.17) is 0 Å². The van der Waals surface area contributed by atoms with Gasteiger partial charge in [0.1, 0.15) is 0 Å². The predicted octanol–water partition coefficient (Wildman–Crippen LogP) is 1.94. The molecule has 1 aromatic rings. The van der Waals surface area contributed by atoms with Crippen molar-refractivity contribution < 1.29 is 4.79 Å². The van der Waals surface area contributed by atoms with Crippen LogP contribution in [-0.2, 0) is 17.8 Å². The van der Waals surface area contributed by atoms with E-state index in [-0.39, 0.29) is 5.41 Å². The van der Waals surface area contributed by atoms with Gasteiger partial charge in [0.2, 0.25) is 5.91 Å². The van der Waals surface area contributed by atoms with Crippen LogP contribution in [0.4, 0.5) is 0 Å². The Morgan fingerprint density at radius 1 is 1.29 bits per heavy atom. The molecule has 4 rings (SSSR count). The highest BCUT2D eigenvalue weighted by molar-refractivity contribution is 5.83. The Bertz CT molecular complexity index is 602. The first-order valence-corrected chi connectivity index (χ1v) is 9.56. The van der Waals surface area contributed by atoms with Gasteiger partial charge in [0.05, 0.1) is 5.41 Å². The largest absolute Gasteiger partial charge is 0.354 e. The van der Waals surface area contributed by atoms with Crippen molar-refractivity contribution in [1.82, 2.24) is 15.5 Å². The molecule has 0 bridgehead atoms. The second kappa shape index (κ2) is 6.85. The van der Waals surface area contributed by atoms with Gasteiger partial charge >= 0.3 is 0 Å². The maximum atomic E-state index is 12.9. The van der Waals surface area contributed by atoms with E-state index in [2.05, 4.69) is 39.8 Å². The fraction of sp³-hybridized carbons (Fsp3) is 0.650. The first-order chi connectivity index (χ1) is 11.8. The second-order valence-corrected chi connectivity index (χ2v) is 7.78. The minimum atomic E-state index is -0.118. The highest BCUT2D eigenvalue weighted by atomic mass is 16.2. The summed E-state index contributed by atoms with van der Waals surface area (Å²) in [7, 11) is 0. The fourth-order valence-corrected chi connectivity index (χ4v) is 4.94. The number of carbonyl (C=O) groups excluding carboxylic acids is 1. The standard InChI is InChI=1S/C20H29N3O/c24-19(20-9-4-3-7-18(20)13-21-15-20)22-10-12-23-11-8-16-5-1-2-6-17(16)14-23/h1-2,5-6,18,21H,3-4,7-15H2,(H,22,24)/t18-,20+/m0/s1. The van der Waals surface area contributed by atoms with Gasteiger partial charge in [-0.2, -0.15) is 0 Å². The van der Waals surface area contributed by atoms with Gasteiger partial charge in [-0.1, -0.05) is 37.1 Å². The molecule has 0 spiro atoms. The molecule has 2 atom stereocenters. The number of carbonyl (C=O) groups is 1. The van der Waals surface area contributed by atoms with Crippen molar-refractivity contribution in [2.45, 2.75) is 38.6 Å². The normalized spacial score (nSPS) is 29.8. The molecule has 1 aromatic carbocycles. The molecule has 2 N–H and O–H groups in total. The number of nitrogens with one attached hydrogen (secondary N) is 2. The third-order valence-electron chi connectivity index (χ3n) is 6.41. The van der Waals surface area contributed by atoms with Crippen molar-refractivity contribution in [3.63, 3.8) is 0 Å². The van der Waals surface area contributed by atoms with Crippen molar-refractivity contribution in [3.05, 3.63) is 35.4 Å². The van der Waals surface area contributed by atoms with E-state index in [1.54, 1.807) is 0 Å². The molecule has 4 nitrogen and oxygen atoms in total. The Labute approximate surface area is 145 Å². The third kappa shape index (κ3) is 2.98. The number of rotatable bonds is 4. The molecule has 1 amide bonds. The van der Waals surface area contributed by atoms with E-state index < -0.39 is 0 Å². The molecule has 4 heteroatoms. The maximum absolute atomic E-state index is 12.9. The van der Waals surface area contributed by atoms with Crippen LogP contribution in [0.3, 0.4) is 0 Å². The van der Waals surface area contributed by atoms with Crippen molar-refractivity contribution in [1.29, 1.82) is 0 Å². The number of hydrogen-bond donors (Lipinski definition) is 2. The molecular formula is C20H29N3O. The summed E-state index contributed by atoms with van der Waals surface area (Å²) in [6.07, 6.45) is 5.89. The van der Waals surface area contributed by atoms with Crippen LogP contribution >= 0.6 is 0 Å². The quantitative estimate of drug-likeness (QED) is 0.888. The molecule has 24 heavy (non-hydrogen) atoms. The first kappa shape index (κ1) is 16.1. The minimum absolute atomic E-state index is 0.118. The highest BCUT2D eigenvalue weighted by Gasteiger charge is 2.49. The van der Waals surface area contributed by atoms with Crippen LogP contribution in [0.2, 0.25) is 0 Å². The molecule has 130 valence electrons. The van der Waals surface area contributed by atoms with E-state index in [9.17, 15) is 4.79 Å². The maximum Gasteiger partial charge on any atom is 0.227 e. The predicted molar refractivity (Wildman–Crippen MR) is 95.7 cm³/mol. The average Bonchev–Trinajstić information content (AvgIpc) is 3.07. The molecular weight excluding hydrogens is 298 g/mol. The van der Waals surface area contributed by atoms with Gasteiger partial charge in [0.15, 0.2) is 0 Å². The SMILES string of the molecule is O=C(NCCN1CCc2ccccc2C1)[C@@]12CCCC[C@H]1CNC2. The van der Waals surface area contributed by atoms with Crippen LogP contribution in [0.25, 0.3) is 0 Å². The molecule has 3 aliphatic rings. The van der Waals surface area contributed by atoms with Crippen molar-refractivity contribution in [2.24, 2.45) is 11.3 Å². The van der Waals surface area contributed by atoms with Crippen molar-refractivity contribution in [2.75, 3.05) is 32.7 Å². The Morgan fingerprint density at radius 3 is 3.08 bits per heavy atom. The van der Waals surface area contributed by atoms with Crippen LogP contribution in [0.1, 0.15) is 36.8 Å². The monoisotopic (exact) mass is 327 g/mol. The van der Waals surface area contributed by atoms with Crippen LogP contribution < -0.4 is 10.6 Å². The van der Waals surface area contributed by atoms with Crippen molar-refractivity contribution in [3.8, 4) is 0 Å². The number of nitrogens with zero attached hydrogens (tertiary/aromatic N) is 1. The number of hydrogen-bond acceptors (Lipinski definition) is 3. The molecule has 0 radical (unpaired) electrons. The van der Waals surface area contributed by atoms with E-state index in [1.807, 2.05) is 0 Å². The lowest BCUT2D eigenvalue weighted by atomic mass is 9.67. The summed E-state index contributed by atoms with van der Waals surface area (Å²) in [4.78, 5) is 15.3. The van der Waals surface area contributed by atoms with Gasteiger partial charge in [0.25, 0.3) is 0 Å². The Balaban J connectivity index is 1.29. The van der Waals surface area contributed by atoms with Gasteiger partial charge in [-0.15, -0.1) is 0 Å². The molecule has 2 heterocycles. The van der Waals surface area contributed by atoms with Gasteiger partial charge in [-0.25, -0.2) is 0 Å². The molecule has 0 unspecified atom stereocenters. The zero-order valence-corrected chi connectivity index (χ0v) is 14.5. The second-order valence-electron chi connectivity index (χ2n) is 7.78. The summed E-state index contributed by atoms with van der Waals surface area (Å²) >= 11 is 0. The first-order valence-electron chi connectivity index (χ1n) is 9.56. The van der Waals surface area contributed by atoms with E-state index in [1.165, 1.54) is 30.4 Å². The topological polar surface area (TPSA) is 44.4 Å². The van der Waals surface area contributed by atoms with Gasteiger partial charge in [-0.05, 0) is 42.9 Å². The Morgan fingerprint density at radius 2 is 2.17 bits per heavy atom. The molecule has 1 saturated carbocycles. The average molecular weight is 327 g/mol. The molecule has 2 fully saturated rings. The smallest absolute Gasteiger partial charge is 0.227 e. The van der Waals surface area contributed by atoms with E-state index >= 15 is 0 Å². The number of benzene rings is 1. The lowest BCUT2D eigenvalue weighted by molar-refractivity contribution is -0.134. The van der Waals surface area contributed by atoms with Crippen LogP contribution in [0.5, 0.6) is 0 Å². The molecule has 0 aromatic heterocycles. The third-order valence-corrected chi connectivity index (χ3v) is 6.41. The van der Waals surface area contributed by atoms with E-state index in [0.717, 1.165) is 52.1 Å². The number of amides is 1. The fourth-order valence-electron chi connectivity index (χ4n) is 4.94. The van der Waals surface area contributed by atoms with E-state index in [0.29, 0.717) is 11.8 Å². The Hall–Kier alpha value is -1.39. The van der Waals surface area contributed by atoms with Crippen LogP contribution in [-0.4, -0.2) is 43.5 Å².